The number of nitrogens with one attached hydrogen (secondary N) is 1. The number of fused-ring (bicyclic) bond motifs is 2. The Balaban J connectivity index is 1.59. The molecule has 0 aromatic carbocycles. The van der Waals surface area contributed by atoms with Crippen molar-refractivity contribution in [2.45, 2.75) is 18.8 Å². The third-order valence-electron chi connectivity index (χ3n) is 4.14. The van der Waals surface area contributed by atoms with Crippen LogP contribution in [0.4, 0.5) is 4.79 Å². The van der Waals surface area contributed by atoms with Gasteiger partial charge in [-0.15, -0.1) is 4.33 Å². The molecule has 1 atom stereocenters. The maximum absolute atomic E-state index is 12.3. The maximum Gasteiger partial charge on any atom is 0.346 e. The van der Waals surface area contributed by atoms with Crippen LogP contribution in [0.15, 0.2) is 18.5 Å². The molecule has 3 amide bonds. The van der Waals surface area contributed by atoms with E-state index in [4.69, 9.17) is 9.54 Å². The molecule has 28 heavy (non-hydrogen) atoms. The monoisotopic (exact) mass is 410 g/mol. The van der Waals surface area contributed by atoms with Gasteiger partial charge in [0.1, 0.15) is 6.04 Å². The summed E-state index contributed by atoms with van der Waals surface area (Å²) in [5.74, 6) is -0.268. The molecule has 0 spiro atoms. The number of aromatic nitrogens is 2. The molecule has 2 aliphatic heterocycles. The first-order valence-electron chi connectivity index (χ1n) is 8.34. The molecule has 12 nitrogen and oxygen atoms in total. The molecule has 3 rings (SSSR count). The fourth-order valence-electron chi connectivity index (χ4n) is 2.86. The van der Waals surface area contributed by atoms with Crippen LogP contribution < -0.4 is 5.32 Å². The minimum Gasteiger partial charge on any atom is -0.352 e. The fraction of sp³-hybridized carbons (Fsp3) is 0.429. The molecular formula is C14H17BN5O7S. The molecule has 0 aliphatic carbocycles. The Bertz CT molecular complexity index is 760. The van der Waals surface area contributed by atoms with Crippen LogP contribution in [0, 0.1) is 0 Å². The van der Waals surface area contributed by atoms with Crippen molar-refractivity contribution in [1.29, 1.82) is 0 Å². The second-order valence-electron chi connectivity index (χ2n) is 5.94. The highest BCUT2D eigenvalue weighted by molar-refractivity contribution is 7.89. The maximum atomic E-state index is 12.3. The highest BCUT2D eigenvalue weighted by Crippen LogP contribution is 2.28. The standard InChI is InChI=1S/C14H17BN5O7S/c21-9-15-2-1-3-16-13(22)10-5-17-19(6-10)11-4-12-8-18(7-11)14(23)20(12)25-28-27-26-24/h4-6,9,12,24H,1-3,7-8H2,(H,16,22). The molecule has 3 heterocycles. The van der Waals surface area contributed by atoms with Crippen molar-refractivity contribution in [2.75, 3.05) is 19.6 Å². The fourth-order valence-corrected chi connectivity index (χ4v) is 3.15. The quantitative estimate of drug-likeness (QED) is 0.131. The van der Waals surface area contributed by atoms with Gasteiger partial charge in [0.25, 0.3) is 5.91 Å². The van der Waals surface area contributed by atoms with Crippen molar-refractivity contribution in [1.82, 2.24) is 25.1 Å². The Hall–Kier alpha value is -2.39. The van der Waals surface area contributed by atoms with E-state index in [2.05, 4.69) is 19.8 Å². The largest absolute Gasteiger partial charge is 0.352 e. The van der Waals surface area contributed by atoms with Crippen molar-refractivity contribution in [3.63, 3.8) is 0 Å². The summed E-state index contributed by atoms with van der Waals surface area (Å²) in [7, 11) is 1.50. The Labute approximate surface area is 164 Å². The molecule has 1 aromatic heterocycles. The smallest absolute Gasteiger partial charge is 0.346 e. The number of hydroxylamine groups is 2. The zero-order valence-corrected chi connectivity index (χ0v) is 15.4. The van der Waals surface area contributed by atoms with E-state index < -0.39 is 0 Å². The number of hydrogen-bond donors (Lipinski definition) is 2. The van der Waals surface area contributed by atoms with Crippen molar-refractivity contribution < 1.29 is 33.3 Å². The number of rotatable bonds is 11. The molecule has 0 saturated carbocycles. The predicted molar refractivity (Wildman–Crippen MR) is 96.8 cm³/mol. The summed E-state index contributed by atoms with van der Waals surface area (Å²) in [6.45, 7) is 1.17. The average Bonchev–Trinajstić information content (AvgIpc) is 3.27. The molecule has 2 N–H and O–H groups in total. The number of hydrogen-bond acceptors (Lipinski definition) is 9. The third kappa shape index (κ3) is 4.71. The minimum absolute atomic E-state index is 0.268. The van der Waals surface area contributed by atoms with Crippen LogP contribution in [-0.2, 0) is 18.5 Å². The lowest BCUT2D eigenvalue weighted by molar-refractivity contribution is -0.435. The summed E-state index contributed by atoms with van der Waals surface area (Å²) in [5, 5.41) is 19.6. The Morgan fingerprint density at radius 1 is 1.54 bits per heavy atom. The van der Waals surface area contributed by atoms with Gasteiger partial charge in [-0.3, -0.25) is 4.79 Å². The van der Waals surface area contributed by atoms with E-state index in [0.717, 1.165) is 11.2 Å². The van der Waals surface area contributed by atoms with Gasteiger partial charge < -0.3 is 15.0 Å². The van der Waals surface area contributed by atoms with Gasteiger partial charge in [0.05, 0.1) is 30.2 Å². The molecule has 1 aromatic rings. The van der Waals surface area contributed by atoms with E-state index in [1.54, 1.807) is 17.2 Å². The van der Waals surface area contributed by atoms with Crippen LogP contribution >= 0.6 is 12.3 Å². The average molecular weight is 410 g/mol. The predicted octanol–water partition coefficient (Wildman–Crippen LogP) is 0.192. The lowest BCUT2D eigenvalue weighted by Crippen LogP contribution is -2.32. The molecular weight excluding hydrogens is 393 g/mol. The van der Waals surface area contributed by atoms with E-state index >= 15 is 0 Å². The number of carbonyl (C=O) groups is 3. The van der Waals surface area contributed by atoms with Gasteiger partial charge in [-0.05, 0) is 12.5 Å². The van der Waals surface area contributed by atoms with Gasteiger partial charge in [-0.1, -0.05) is 11.4 Å². The number of urea groups is 1. The highest BCUT2D eigenvalue weighted by atomic mass is 32.2. The first-order chi connectivity index (χ1) is 13.6. The van der Waals surface area contributed by atoms with E-state index in [1.807, 2.05) is 0 Å². The summed E-state index contributed by atoms with van der Waals surface area (Å²) < 4.78 is 10.7. The van der Waals surface area contributed by atoms with Crippen LogP contribution in [0.3, 0.4) is 0 Å². The molecule has 2 bridgehead atoms. The number of amides is 3. The van der Waals surface area contributed by atoms with Crippen molar-refractivity contribution in [3.8, 4) is 0 Å². The second kappa shape index (κ2) is 9.70. The topological polar surface area (TPSA) is 135 Å². The highest BCUT2D eigenvalue weighted by Gasteiger charge is 2.42. The van der Waals surface area contributed by atoms with Crippen LogP contribution in [-0.4, -0.2) is 76.1 Å². The lowest BCUT2D eigenvalue weighted by Gasteiger charge is -2.20. The zero-order valence-electron chi connectivity index (χ0n) is 14.6. The second-order valence-corrected chi connectivity index (χ2v) is 6.36. The van der Waals surface area contributed by atoms with Gasteiger partial charge in [-0.2, -0.15) is 14.4 Å². The Morgan fingerprint density at radius 2 is 2.39 bits per heavy atom. The molecule has 149 valence electrons. The van der Waals surface area contributed by atoms with Crippen molar-refractivity contribution in [2.24, 2.45) is 0 Å². The minimum atomic E-state index is -0.387. The molecule has 1 radical (unpaired) electrons. The summed E-state index contributed by atoms with van der Waals surface area (Å²) in [5.41, 5.74) is 1.09. The van der Waals surface area contributed by atoms with Crippen LogP contribution in [0.5, 0.6) is 0 Å². The molecule has 2 aliphatic rings. The van der Waals surface area contributed by atoms with Crippen molar-refractivity contribution >= 4 is 43.4 Å². The molecule has 14 heteroatoms. The number of carbonyl (C=O) groups excluding carboxylic acids is 3. The summed E-state index contributed by atoms with van der Waals surface area (Å²) in [6.07, 6.45) is 6.83. The summed E-state index contributed by atoms with van der Waals surface area (Å²) in [6, 6.07) is -0.760. The van der Waals surface area contributed by atoms with Crippen molar-refractivity contribution in [3.05, 3.63) is 24.0 Å². The Morgan fingerprint density at radius 3 is 3.18 bits per heavy atom. The van der Waals surface area contributed by atoms with E-state index in [-0.39, 0.29) is 18.0 Å². The van der Waals surface area contributed by atoms with Crippen LogP contribution in [0.1, 0.15) is 16.8 Å². The van der Waals surface area contributed by atoms with Gasteiger partial charge in [-0.25, -0.2) is 14.7 Å². The van der Waals surface area contributed by atoms with E-state index in [0.29, 0.717) is 56.0 Å². The van der Waals surface area contributed by atoms with Crippen LogP contribution in [0.2, 0.25) is 6.32 Å². The SMILES string of the molecule is O=C[B]CCCNC(=O)c1cnn(C2=CC3CN(C2)C(=O)N3OSOOO)c1. The third-order valence-corrected chi connectivity index (χ3v) is 4.48. The van der Waals surface area contributed by atoms with Crippen LogP contribution in [0.25, 0.3) is 5.70 Å². The molecule has 1 saturated heterocycles. The van der Waals surface area contributed by atoms with Gasteiger partial charge in [0.15, 0.2) is 7.28 Å². The van der Waals surface area contributed by atoms with E-state index in [9.17, 15) is 14.4 Å². The molecule has 1 fully saturated rings. The lowest BCUT2D eigenvalue weighted by atomic mass is 9.76. The van der Waals surface area contributed by atoms with Gasteiger partial charge in [0, 0.05) is 19.3 Å². The number of nitrogens with zero attached hydrogens (tertiary/aromatic N) is 4. The van der Waals surface area contributed by atoms with E-state index in [1.165, 1.54) is 18.2 Å². The summed E-state index contributed by atoms with van der Waals surface area (Å²) >= 11 is 0.301. The Kier molecular flexibility index (Phi) is 7.05. The first kappa shape index (κ1) is 20.4. The normalized spacial score (nSPS) is 18.2. The molecule has 1 unspecified atom stereocenters. The van der Waals surface area contributed by atoms with Gasteiger partial charge >= 0.3 is 6.03 Å². The zero-order chi connectivity index (χ0) is 19.9. The first-order valence-corrected chi connectivity index (χ1v) is 9.01. The van der Waals surface area contributed by atoms with Gasteiger partial charge in [0.2, 0.25) is 12.3 Å². The summed E-state index contributed by atoms with van der Waals surface area (Å²) in [4.78, 5) is 36.2.